The van der Waals surface area contributed by atoms with Gasteiger partial charge in [0.05, 0.1) is 5.69 Å². The molecular weight excluding hydrogens is 687 g/mol. The fraction of sp³-hybridized carbons (Fsp3) is 0.393. The van der Waals surface area contributed by atoms with E-state index in [2.05, 4.69) is 140 Å². The Hall–Kier alpha value is -4.62. The van der Waals surface area contributed by atoms with E-state index in [4.69, 9.17) is 0 Å². The first-order chi connectivity index (χ1) is 28.0. The second-order valence-corrected chi connectivity index (χ2v) is 19.3. The van der Waals surface area contributed by atoms with Gasteiger partial charge in [-0.1, -0.05) is 150 Å². The third-order valence-electron chi connectivity index (χ3n) is 15.7. The first-order valence-corrected chi connectivity index (χ1v) is 22.8. The van der Waals surface area contributed by atoms with E-state index in [1.165, 1.54) is 162 Å². The first kappa shape index (κ1) is 35.5. The van der Waals surface area contributed by atoms with E-state index in [1.807, 2.05) is 0 Å². The van der Waals surface area contributed by atoms with Crippen molar-refractivity contribution in [1.82, 2.24) is 0 Å². The van der Waals surface area contributed by atoms with E-state index in [0.29, 0.717) is 11.8 Å². The Labute approximate surface area is 341 Å². The van der Waals surface area contributed by atoms with Gasteiger partial charge in [-0.25, -0.2) is 0 Å². The molecule has 3 unspecified atom stereocenters. The molecule has 0 amide bonds. The molecule has 288 valence electrons. The van der Waals surface area contributed by atoms with Crippen molar-refractivity contribution in [2.24, 2.45) is 11.8 Å². The van der Waals surface area contributed by atoms with Crippen molar-refractivity contribution < 1.29 is 0 Å². The third kappa shape index (κ3) is 6.18. The zero-order valence-corrected chi connectivity index (χ0v) is 34.3. The molecule has 5 aliphatic rings. The van der Waals surface area contributed by atoms with Gasteiger partial charge in [-0.2, -0.15) is 0 Å². The van der Waals surface area contributed by atoms with Crippen LogP contribution in [-0.4, -0.2) is 0 Å². The summed E-state index contributed by atoms with van der Waals surface area (Å²) < 4.78 is 0. The molecule has 11 rings (SSSR count). The zero-order valence-electron chi connectivity index (χ0n) is 34.3. The number of rotatable bonds is 7. The maximum Gasteiger partial charge on any atom is 0.0540 e. The van der Waals surface area contributed by atoms with Gasteiger partial charge in [0.15, 0.2) is 0 Å². The fourth-order valence-electron chi connectivity index (χ4n) is 12.6. The maximum absolute atomic E-state index is 2.60. The summed E-state index contributed by atoms with van der Waals surface area (Å²) >= 11 is 0. The Balaban J connectivity index is 1.09. The Morgan fingerprint density at radius 3 is 1.93 bits per heavy atom. The van der Waals surface area contributed by atoms with E-state index in [1.54, 1.807) is 5.56 Å². The van der Waals surface area contributed by atoms with E-state index in [-0.39, 0.29) is 5.41 Å². The lowest BCUT2D eigenvalue weighted by molar-refractivity contribution is 0.420. The summed E-state index contributed by atoms with van der Waals surface area (Å²) in [7, 11) is 0. The molecule has 0 radical (unpaired) electrons. The predicted molar refractivity (Wildman–Crippen MR) is 241 cm³/mol. The van der Waals surface area contributed by atoms with Crippen LogP contribution < -0.4 is 4.90 Å². The minimum atomic E-state index is -0.121. The molecule has 3 atom stereocenters. The van der Waals surface area contributed by atoms with Crippen molar-refractivity contribution >= 4 is 27.8 Å². The molecule has 6 aromatic carbocycles. The summed E-state index contributed by atoms with van der Waals surface area (Å²) in [6.07, 6.45) is 19.2. The van der Waals surface area contributed by atoms with Crippen LogP contribution in [0.3, 0.4) is 0 Å². The van der Waals surface area contributed by atoms with Gasteiger partial charge in [0, 0.05) is 22.2 Å². The highest BCUT2D eigenvalue weighted by atomic mass is 15.1. The normalized spacial score (nSPS) is 22.8. The lowest BCUT2D eigenvalue weighted by Gasteiger charge is -2.31. The number of hydrogen-bond acceptors (Lipinski definition) is 1. The van der Waals surface area contributed by atoms with Crippen molar-refractivity contribution in [2.75, 3.05) is 4.90 Å². The van der Waals surface area contributed by atoms with Gasteiger partial charge in [-0.3, -0.25) is 0 Å². The highest BCUT2D eigenvalue weighted by Crippen LogP contribution is 2.56. The van der Waals surface area contributed by atoms with Crippen LogP contribution in [0.4, 0.5) is 17.1 Å². The molecule has 0 spiro atoms. The topological polar surface area (TPSA) is 3.24 Å². The molecule has 1 nitrogen and oxygen atoms in total. The standard InChI is InChI=1S/C56H59N/c1-56(2)52-18-10-9-17-49(52)55-51(42-24-22-40(23-25-42)38-12-5-3-6-13-38)35-47(36-53(55)56)57(46-29-26-41(27-30-46)50-33-37-20-21-45(50)32-37)54-19-11-16-44-34-43(28-31-48(44)54)39-14-7-4-8-15-39/h9-11,16-19,22-31,34-39,45,50H,3-8,12-15,20-21,32-33H2,1-2H3. The number of benzene rings is 6. The smallest absolute Gasteiger partial charge is 0.0540 e. The van der Waals surface area contributed by atoms with Crippen molar-refractivity contribution in [2.45, 2.75) is 127 Å². The van der Waals surface area contributed by atoms with E-state index in [0.717, 1.165) is 17.8 Å². The van der Waals surface area contributed by atoms with Crippen LogP contribution in [0, 0.1) is 11.8 Å². The van der Waals surface area contributed by atoms with Crippen LogP contribution in [0.2, 0.25) is 0 Å². The van der Waals surface area contributed by atoms with Crippen LogP contribution in [0.25, 0.3) is 33.0 Å². The minimum absolute atomic E-state index is 0.121. The van der Waals surface area contributed by atoms with Gasteiger partial charge in [0.25, 0.3) is 0 Å². The molecular formula is C56H59N. The molecule has 57 heavy (non-hydrogen) atoms. The highest BCUT2D eigenvalue weighted by Gasteiger charge is 2.41. The average Bonchev–Trinajstić information content (AvgIpc) is 3.97. The van der Waals surface area contributed by atoms with E-state index in [9.17, 15) is 0 Å². The average molecular weight is 746 g/mol. The Bertz CT molecular complexity index is 2420. The van der Waals surface area contributed by atoms with Crippen LogP contribution in [-0.2, 0) is 5.41 Å². The van der Waals surface area contributed by atoms with Crippen molar-refractivity contribution in [3.05, 3.63) is 149 Å². The monoisotopic (exact) mass is 745 g/mol. The number of nitrogens with zero attached hydrogens (tertiary/aromatic N) is 1. The zero-order chi connectivity index (χ0) is 38.1. The Morgan fingerprint density at radius 1 is 0.509 bits per heavy atom. The van der Waals surface area contributed by atoms with E-state index >= 15 is 0 Å². The first-order valence-electron chi connectivity index (χ1n) is 22.8. The number of hydrogen-bond donors (Lipinski definition) is 0. The van der Waals surface area contributed by atoms with Crippen LogP contribution in [0.1, 0.15) is 149 Å². The quantitative estimate of drug-likeness (QED) is 0.157. The lowest BCUT2D eigenvalue weighted by Crippen LogP contribution is -2.17. The molecule has 0 aliphatic heterocycles. The van der Waals surface area contributed by atoms with Gasteiger partial charge in [0.1, 0.15) is 0 Å². The maximum atomic E-state index is 2.60. The molecule has 0 N–H and O–H groups in total. The van der Waals surface area contributed by atoms with Gasteiger partial charge in [-0.15, -0.1) is 0 Å². The summed E-state index contributed by atoms with van der Waals surface area (Å²) in [5.74, 6) is 3.94. The molecule has 2 bridgehead atoms. The molecule has 0 aromatic heterocycles. The molecule has 4 fully saturated rings. The Morgan fingerprint density at radius 2 is 1.21 bits per heavy atom. The summed E-state index contributed by atoms with van der Waals surface area (Å²) in [4.78, 5) is 2.60. The summed E-state index contributed by atoms with van der Waals surface area (Å²) in [6, 6.07) is 48.4. The van der Waals surface area contributed by atoms with Gasteiger partial charge in [-0.05, 0) is 160 Å². The summed E-state index contributed by atoms with van der Waals surface area (Å²) in [6.45, 7) is 4.88. The second-order valence-electron chi connectivity index (χ2n) is 19.3. The third-order valence-corrected chi connectivity index (χ3v) is 15.7. The van der Waals surface area contributed by atoms with Crippen LogP contribution in [0.15, 0.2) is 121 Å². The van der Waals surface area contributed by atoms with Gasteiger partial charge in [0.2, 0.25) is 0 Å². The summed E-state index contributed by atoms with van der Waals surface area (Å²) in [5.41, 5.74) is 16.6. The van der Waals surface area contributed by atoms with E-state index < -0.39 is 0 Å². The van der Waals surface area contributed by atoms with Crippen molar-refractivity contribution in [1.29, 1.82) is 0 Å². The molecule has 0 heterocycles. The molecule has 6 aromatic rings. The predicted octanol–water partition coefficient (Wildman–Crippen LogP) is 16.3. The van der Waals surface area contributed by atoms with Gasteiger partial charge < -0.3 is 4.90 Å². The fourth-order valence-corrected chi connectivity index (χ4v) is 12.6. The molecule has 5 aliphatic carbocycles. The van der Waals surface area contributed by atoms with Crippen LogP contribution in [0.5, 0.6) is 0 Å². The molecule has 1 heteroatoms. The lowest BCUT2D eigenvalue weighted by atomic mass is 9.81. The van der Waals surface area contributed by atoms with Crippen molar-refractivity contribution in [3.8, 4) is 22.3 Å². The number of fused-ring (bicyclic) bond motifs is 6. The molecule has 4 saturated carbocycles. The Kier molecular flexibility index (Phi) is 8.94. The highest BCUT2D eigenvalue weighted by molar-refractivity contribution is 6.01. The molecule has 0 saturated heterocycles. The second kappa shape index (κ2) is 14.3. The minimum Gasteiger partial charge on any atom is -0.310 e. The van der Waals surface area contributed by atoms with Crippen molar-refractivity contribution in [3.63, 3.8) is 0 Å². The van der Waals surface area contributed by atoms with Gasteiger partial charge >= 0.3 is 0 Å². The summed E-state index contributed by atoms with van der Waals surface area (Å²) in [5, 5.41) is 2.68. The number of anilines is 3. The SMILES string of the molecule is CC1(C)c2ccccc2-c2c(-c3ccc(C4CCCCC4)cc3)cc(N(c3ccc(C4CC5CCC4C5)cc3)c3cccc4cc(C5CCCCC5)ccc34)cc21. The van der Waals surface area contributed by atoms with Crippen LogP contribution >= 0.6 is 0 Å². The largest absolute Gasteiger partial charge is 0.310 e.